The number of carbonyl (C=O) groups excluding carboxylic acids is 1. The van der Waals surface area contributed by atoms with Gasteiger partial charge < -0.3 is 10.2 Å². The molecule has 2 N–H and O–H groups in total. The van der Waals surface area contributed by atoms with Crippen LogP contribution in [0.15, 0.2) is 59.6 Å². The van der Waals surface area contributed by atoms with Crippen LogP contribution in [0.2, 0.25) is 0 Å². The van der Waals surface area contributed by atoms with Crippen molar-refractivity contribution in [2.24, 2.45) is 4.99 Å². The van der Waals surface area contributed by atoms with E-state index in [0.29, 0.717) is 12.3 Å². The molecular formula is C20H24N3OS2+. The smallest absolute Gasteiger partial charge is 0.230 e. The molecule has 3 rings (SSSR count). The Morgan fingerprint density at radius 2 is 1.92 bits per heavy atom. The summed E-state index contributed by atoms with van der Waals surface area (Å²) in [6.07, 6.45) is 0. The maximum absolute atomic E-state index is 12.3. The second-order valence-corrected chi connectivity index (χ2v) is 8.61. The van der Waals surface area contributed by atoms with Crippen LogP contribution < -0.4 is 10.2 Å². The molecule has 4 nitrogen and oxygen atoms in total. The van der Waals surface area contributed by atoms with Crippen LogP contribution in [-0.2, 0) is 10.5 Å². The molecule has 0 aliphatic carbocycles. The predicted molar refractivity (Wildman–Crippen MR) is 112 cm³/mol. The summed E-state index contributed by atoms with van der Waals surface area (Å²) in [5.41, 5.74) is 3.52. The van der Waals surface area contributed by atoms with Crippen LogP contribution in [-0.4, -0.2) is 36.7 Å². The van der Waals surface area contributed by atoms with E-state index in [9.17, 15) is 4.79 Å². The highest BCUT2D eigenvalue weighted by molar-refractivity contribution is 8.38. The number of quaternary nitrogens is 1. The van der Waals surface area contributed by atoms with Gasteiger partial charge in [0.1, 0.15) is 10.4 Å². The van der Waals surface area contributed by atoms with E-state index in [0.717, 1.165) is 15.8 Å². The minimum Gasteiger partial charge on any atom is -0.349 e. The summed E-state index contributed by atoms with van der Waals surface area (Å²) >= 11 is 3.22. The van der Waals surface area contributed by atoms with E-state index in [2.05, 4.69) is 42.6 Å². The van der Waals surface area contributed by atoms with Crippen LogP contribution in [0.3, 0.4) is 0 Å². The zero-order chi connectivity index (χ0) is 18.4. The van der Waals surface area contributed by atoms with Crippen molar-refractivity contribution >= 4 is 39.5 Å². The second-order valence-electron chi connectivity index (χ2n) is 6.43. The van der Waals surface area contributed by atoms with Crippen LogP contribution in [0.25, 0.3) is 0 Å². The van der Waals surface area contributed by atoms with Crippen molar-refractivity contribution in [3.63, 3.8) is 0 Å². The van der Waals surface area contributed by atoms with Gasteiger partial charge in [-0.15, -0.1) is 0 Å². The third kappa shape index (κ3) is 5.13. The number of hydrogen-bond donors (Lipinski definition) is 2. The van der Waals surface area contributed by atoms with Crippen molar-refractivity contribution in [3.05, 3.63) is 65.7 Å². The van der Waals surface area contributed by atoms with Gasteiger partial charge in [0.15, 0.2) is 0 Å². The molecule has 26 heavy (non-hydrogen) atoms. The molecule has 1 amide bonds. The SMILES string of the molecule is C[NH+](C)[C@@H](CNC(=O)CSC1=Nc2ccccc2CS1)c1ccccc1. The quantitative estimate of drug-likeness (QED) is 0.802. The van der Waals surface area contributed by atoms with Crippen LogP contribution in [0.5, 0.6) is 0 Å². The zero-order valence-corrected chi connectivity index (χ0v) is 16.7. The van der Waals surface area contributed by atoms with Gasteiger partial charge in [0.05, 0.1) is 32.1 Å². The highest BCUT2D eigenvalue weighted by Crippen LogP contribution is 2.34. The lowest BCUT2D eigenvalue weighted by molar-refractivity contribution is -0.890. The van der Waals surface area contributed by atoms with E-state index in [4.69, 9.17) is 0 Å². The Morgan fingerprint density at radius 1 is 1.19 bits per heavy atom. The number of thioether (sulfide) groups is 2. The van der Waals surface area contributed by atoms with Crippen LogP contribution in [0, 0.1) is 0 Å². The van der Waals surface area contributed by atoms with E-state index in [1.807, 2.05) is 36.4 Å². The molecule has 1 aliphatic rings. The fraction of sp³-hybridized carbons (Fsp3) is 0.300. The van der Waals surface area contributed by atoms with Crippen molar-refractivity contribution in [3.8, 4) is 0 Å². The molecular weight excluding hydrogens is 362 g/mol. The molecule has 0 fully saturated rings. The van der Waals surface area contributed by atoms with Crippen molar-refractivity contribution in [1.82, 2.24) is 5.32 Å². The Labute approximate surface area is 163 Å². The van der Waals surface area contributed by atoms with Gasteiger partial charge in [-0.2, -0.15) is 0 Å². The molecule has 1 aliphatic heterocycles. The standard InChI is InChI=1S/C20H23N3OS2/c1-23(2)18(15-8-4-3-5-9-15)12-21-19(24)14-26-20-22-17-11-7-6-10-16(17)13-25-20/h3-11,18H,12-14H2,1-2H3,(H,21,24)/p+1/t18-/m0/s1. The van der Waals surface area contributed by atoms with Gasteiger partial charge in [0.2, 0.25) is 5.91 Å². The third-order valence-electron chi connectivity index (χ3n) is 4.28. The second kappa shape index (κ2) is 9.26. The molecule has 2 aromatic carbocycles. The molecule has 2 aromatic rings. The Balaban J connectivity index is 1.51. The molecule has 6 heteroatoms. The summed E-state index contributed by atoms with van der Waals surface area (Å²) < 4.78 is 0.969. The van der Waals surface area contributed by atoms with E-state index in [-0.39, 0.29) is 11.9 Å². The first-order valence-corrected chi connectivity index (χ1v) is 10.6. The fourth-order valence-electron chi connectivity index (χ4n) is 2.82. The van der Waals surface area contributed by atoms with Crippen LogP contribution in [0.4, 0.5) is 5.69 Å². The molecule has 1 heterocycles. The maximum atomic E-state index is 12.3. The number of hydrogen-bond acceptors (Lipinski definition) is 4. The van der Waals surface area contributed by atoms with E-state index in [1.165, 1.54) is 27.8 Å². The van der Waals surface area contributed by atoms with Crippen LogP contribution in [0.1, 0.15) is 17.2 Å². The van der Waals surface area contributed by atoms with Gasteiger partial charge in [0.25, 0.3) is 0 Å². The highest BCUT2D eigenvalue weighted by atomic mass is 32.2. The van der Waals surface area contributed by atoms with Gasteiger partial charge in [0, 0.05) is 11.3 Å². The molecule has 0 saturated heterocycles. The summed E-state index contributed by atoms with van der Waals surface area (Å²) in [5, 5.41) is 3.08. The predicted octanol–water partition coefficient (Wildman–Crippen LogP) is 2.66. The molecule has 1 atom stereocenters. The van der Waals surface area contributed by atoms with Gasteiger partial charge in [-0.3, -0.25) is 4.79 Å². The molecule has 0 unspecified atom stereocenters. The van der Waals surface area contributed by atoms with Crippen LogP contribution >= 0.6 is 23.5 Å². The lowest BCUT2D eigenvalue weighted by Gasteiger charge is -2.22. The van der Waals surface area contributed by atoms with Crippen molar-refractivity contribution in [2.75, 3.05) is 26.4 Å². The number of nitrogens with one attached hydrogen (secondary N) is 2. The van der Waals surface area contributed by atoms with Crippen molar-refractivity contribution in [2.45, 2.75) is 11.8 Å². The Hall–Kier alpha value is -1.76. The normalized spacial score (nSPS) is 14.5. The monoisotopic (exact) mass is 386 g/mol. The van der Waals surface area contributed by atoms with E-state index < -0.39 is 0 Å². The Kier molecular flexibility index (Phi) is 6.77. The Bertz CT molecular complexity index is 778. The number of likely N-dealkylation sites (N-methyl/N-ethyl adjacent to an activating group) is 1. The summed E-state index contributed by atoms with van der Waals surface area (Å²) in [5.74, 6) is 1.38. The van der Waals surface area contributed by atoms with E-state index in [1.54, 1.807) is 11.8 Å². The fourth-order valence-corrected chi connectivity index (χ4v) is 4.71. The average molecular weight is 387 g/mol. The van der Waals surface area contributed by atoms with E-state index >= 15 is 0 Å². The zero-order valence-electron chi connectivity index (χ0n) is 15.1. The summed E-state index contributed by atoms with van der Waals surface area (Å²) in [4.78, 5) is 18.2. The number of fused-ring (bicyclic) bond motifs is 1. The largest absolute Gasteiger partial charge is 0.349 e. The molecule has 0 saturated carbocycles. The molecule has 0 spiro atoms. The Morgan fingerprint density at radius 3 is 2.69 bits per heavy atom. The van der Waals surface area contributed by atoms with Gasteiger partial charge >= 0.3 is 0 Å². The number of benzene rings is 2. The topological polar surface area (TPSA) is 45.9 Å². The van der Waals surface area contributed by atoms with Crippen molar-refractivity contribution < 1.29 is 9.69 Å². The number of amides is 1. The van der Waals surface area contributed by atoms with Gasteiger partial charge in [-0.1, -0.05) is 72.1 Å². The summed E-state index contributed by atoms with van der Waals surface area (Å²) in [7, 11) is 4.23. The molecule has 0 radical (unpaired) electrons. The summed E-state index contributed by atoms with van der Waals surface area (Å²) in [6.45, 7) is 0.633. The van der Waals surface area contributed by atoms with Gasteiger partial charge in [-0.05, 0) is 11.6 Å². The third-order valence-corrected chi connectivity index (χ3v) is 6.53. The molecule has 0 bridgehead atoms. The number of nitrogens with zero attached hydrogens (tertiary/aromatic N) is 1. The average Bonchev–Trinajstić information content (AvgIpc) is 2.67. The molecule has 136 valence electrons. The number of carbonyl (C=O) groups is 1. The first-order valence-electron chi connectivity index (χ1n) is 8.67. The first kappa shape index (κ1) is 19.0. The number of para-hydroxylation sites is 1. The number of aliphatic imine (C=N–C) groups is 1. The minimum atomic E-state index is 0.0549. The van der Waals surface area contributed by atoms with Crippen molar-refractivity contribution in [1.29, 1.82) is 0 Å². The van der Waals surface area contributed by atoms with Gasteiger partial charge in [-0.25, -0.2) is 4.99 Å². The lowest BCUT2D eigenvalue weighted by Crippen LogP contribution is -3.07. The lowest BCUT2D eigenvalue weighted by atomic mass is 10.1. The molecule has 0 aromatic heterocycles. The first-order chi connectivity index (χ1) is 12.6. The highest BCUT2D eigenvalue weighted by Gasteiger charge is 2.19. The summed E-state index contributed by atoms with van der Waals surface area (Å²) in [6, 6.07) is 18.7. The minimum absolute atomic E-state index is 0.0549. The number of rotatable bonds is 6. The maximum Gasteiger partial charge on any atom is 0.230 e.